The third kappa shape index (κ3) is 67.1. The van der Waals surface area contributed by atoms with E-state index in [0.717, 1.165) is 51.4 Å². The fourth-order valence-corrected chi connectivity index (χ4v) is 11.6. The van der Waals surface area contributed by atoms with Crippen LogP contribution in [-0.2, 0) is 14.3 Å². The number of ether oxygens (including phenoxy) is 1. The van der Waals surface area contributed by atoms with Crippen molar-refractivity contribution in [2.24, 2.45) is 0 Å². The Bertz CT molecular complexity index is 1310. The number of carbonyl (C=O) groups is 2. The molecule has 0 saturated carbocycles. The lowest BCUT2D eigenvalue weighted by Crippen LogP contribution is -2.45. The van der Waals surface area contributed by atoms with Gasteiger partial charge in [0.25, 0.3) is 0 Å². The number of allylic oxidation sites excluding steroid dienone is 5. The zero-order valence-corrected chi connectivity index (χ0v) is 54.8. The van der Waals surface area contributed by atoms with Crippen LogP contribution in [0, 0.1) is 0 Å². The molecule has 0 aliphatic heterocycles. The fourth-order valence-electron chi connectivity index (χ4n) is 11.6. The van der Waals surface area contributed by atoms with Gasteiger partial charge < -0.3 is 20.3 Å². The molecule has 0 spiro atoms. The van der Waals surface area contributed by atoms with Gasteiger partial charge in [-0.25, -0.2) is 0 Å². The number of unbranched alkanes of at least 4 members (excludes halogenated alkanes) is 54. The van der Waals surface area contributed by atoms with Gasteiger partial charge in [0.2, 0.25) is 5.91 Å². The summed E-state index contributed by atoms with van der Waals surface area (Å²) in [5.74, 6) is -0.0566. The van der Waals surface area contributed by atoms with Gasteiger partial charge in [0.1, 0.15) is 0 Å². The second-order valence-corrected chi connectivity index (χ2v) is 25.3. The normalized spacial score (nSPS) is 12.7. The molecule has 6 nitrogen and oxygen atoms in total. The molecule has 2 unspecified atom stereocenters. The Kier molecular flexibility index (Phi) is 68.9. The highest BCUT2D eigenvalue weighted by Crippen LogP contribution is 2.19. The number of carbonyl (C=O) groups excluding carboxylic acids is 2. The highest BCUT2D eigenvalue weighted by atomic mass is 16.5. The summed E-state index contributed by atoms with van der Waals surface area (Å²) in [6, 6.07) is -0.627. The van der Waals surface area contributed by atoms with Gasteiger partial charge in [-0.05, 0) is 64.2 Å². The van der Waals surface area contributed by atoms with E-state index in [2.05, 4.69) is 43.5 Å². The molecule has 2 atom stereocenters. The van der Waals surface area contributed by atoms with Crippen molar-refractivity contribution < 1.29 is 24.5 Å². The minimum Gasteiger partial charge on any atom is -0.466 e. The van der Waals surface area contributed by atoms with Gasteiger partial charge in [-0.2, -0.15) is 0 Å². The monoisotopic (exact) mass is 1140 g/mol. The third-order valence-corrected chi connectivity index (χ3v) is 17.2. The Labute approximate surface area is 506 Å². The summed E-state index contributed by atoms with van der Waals surface area (Å²) in [7, 11) is 0. The molecule has 81 heavy (non-hydrogen) atoms. The van der Waals surface area contributed by atoms with E-state index < -0.39 is 12.1 Å². The summed E-state index contributed by atoms with van der Waals surface area (Å²) in [5.41, 5.74) is 0. The smallest absolute Gasteiger partial charge is 0.305 e. The highest BCUT2D eigenvalue weighted by molar-refractivity contribution is 5.76. The first-order valence-electron chi connectivity index (χ1n) is 36.8. The second kappa shape index (κ2) is 70.6. The summed E-state index contributed by atoms with van der Waals surface area (Å²) in [6.45, 7) is 4.92. The largest absolute Gasteiger partial charge is 0.466 e. The number of esters is 1. The maximum atomic E-state index is 12.5. The Morgan fingerprint density at radius 2 is 0.617 bits per heavy atom. The molecule has 0 aromatic carbocycles. The van der Waals surface area contributed by atoms with Crippen LogP contribution in [0.1, 0.15) is 406 Å². The van der Waals surface area contributed by atoms with Crippen molar-refractivity contribution in [1.82, 2.24) is 5.32 Å². The first-order chi connectivity index (χ1) is 40.0. The second-order valence-electron chi connectivity index (χ2n) is 25.3. The zero-order chi connectivity index (χ0) is 58.5. The Hall–Kier alpha value is -1.92. The number of nitrogens with one attached hydrogen (secondary N) is 1. The van der Waals surface area contributed by atoms with Gasteiger partial charge >= 0.3 is 5.97 Å². The molecule has 1 amide bonds. The standard InChI is InChI=1S/C75H143NO5/c1-3-5-7-9-11-13-15-17-19-21-22-30-33-36-39-43-47-51-55-59-63-67-73(78)72(71-77)76-74(79)68-64-60-56-52-48-44-40-37-34-31-28-26-24-23-25-27-29-32-35-38-42-46-50-54-58-62-66-70-81-75(80)69-65-61-57-53-49-45-41-20-18-16-14-12-10-8-6-4-2/h14,16,20,41,63,67,72-73,77-78H,3-13,15,17-19,21-40,42-62,64-66,68-71H2,1-2H3,(H,76,79)/b16-14-,41-20-,67-63+. The summed E-state index contributed by atoms with van der Waals surface area (Å²) >= 11 is 0. The van der Waals surface area contributed by atoms with Crippen LogP contribution < -0.4 is 5.32 Å². The summed E-state index contributed by atoms with van der Waals surface area (Å²) < 4.78 is 5.49. The average molecular weight is 1140 g/mol. The molecule has 0 aromatic rings. The molecule has 478 valence electrons. The first kappa shape index (κ1) is 79.1. The van der Waals surface area contributed by atoms with Crippen LogP contribution >= 0.6 is 0 Å². The van der Waals surface area contributed by atoms with Crippen molar-refractivity contribution in [3.8, 4) is 0 Å². The lowest BCUT2D eigenvalue weighted by atomic mass is 10.0. The molecular weight excluding hydrogens is 995 g/mol. The molecule has 0 heterocycles. The summed E-state index contributed by atoms with van der Waals surface area (Å²) in [5, 5.41) is 23.3. The van der Waals surface area contributed by atoms with Crippen LogP contribution in [0.25, 0.3) is 0 Å². The molecule has 0 bridgehead atoms. The molecule has 0 rings (SSSR count). The van der Waals surface area contributed by atoms with Crippen molar-refractivity contribution in [3.63, 3.8) is 0 Å². The number of aliphatic hydroxyl groups excluding tert-OH is 2. The molecule has 0 aliphatic rings. The minimum atomic E-state index is -0.844. The summed E-state index contributed by atoms with van der Waals surface area (Å²) in [4.78, 5) is 24.6. The average Bonchev–Trinajstić information content (AvgIpc) is 3.47. The fraction of sp³-hybridized carbons (Fsp3) is 0.893. The maximum Gasteiger partial charge on any atom is 0.305 e. The molecular formula is C75H143NO5. The third-order valence-electron chi connectivity index (χ3n) is 17.2. The predicted octanol–water partition coefficient (Wildman–Crippen LogP) is 23.9. The van der Waals surface area contributed by atoms with E-state index >= 15 is 0 Å². The Morgan fingerprint density at radius 3 is 0.951 bits per heavy atom. The highest BCUT2D eigenvalue weighted by Gasteiger charge is 2.18. The van der Waals surface area contributed by atoms with E-state index in [4.69, 9.17) is 4.74 Å². The van der Waals surface area contributed by atoms with Crippen LogP contribution in [-0.4, -0.2) is 47.4 Å². The van der Waals surface area contributed by atoms with Crippen molar-refractivity contribution in [3.05, 3.63) is 36.5 Å². The number of hydrogen-bond acceptors (Lipinski definition) is 5. The Balaban J connectivity index is 3.38. The maximum absolute atomic E-state index is 12.5. The summed E-state index contributed by atoms with van der Waals surface area (Å²) in [6.07, 6.45) is 90.9. The molecule has 0 saturated heterocycles. The van der Waals surface area contributed by atoms with Crippen LogP contribution in [0.2, 0.25) is 0 Å². The van der Waals surface area contributed by atoms with E-state index in [9.17, 15) is 19.8 Å². The van der Waals surface area contributed by atoms with Crippen molar-refractivity contribution in [2.45, 2.75) is 418 Å². The van der Waals surface area contributed by atoms with Gasteiger partial charge in [0, 0.05) is 12.8 Å². The van der Waals surface area contributed by atoms with Crippen LogP contribution in [0.15, 0.2) is 36.5 Å². The minimum absolute atomic E-state index is 0.00478. The molecule has 0 fully saturated rings. The van der Waals surface area contributed by atoms with Crippen LogP contribution in [0.3, 0.4) is 0 Å². The van der Waals surface area contributed by atoms with E-state index in [1.165, 1.54) is 327 Å². The number of aliphatic hydroxyl groups is 2. The van der Waals surface area contributed by atoms with E-state index in [-0.39, 0.29) is 18.5 Å². The number of hydrogen-bond donors (Lipinski definition) is 3. The van der Waals surface area contributed by atoms with E-state index in [0.29, 0.717) is 19.4 Å². The lowest BCUT2D eigenvalue weighted by Gasteiger charge is -2.20. The molecule has 6 heteroatoms. The molecule has 3 N–H and O–H groups in total. The van der Waals surface area contributed by atoms with Crippen molar-refractivity contribution in [1.29, 1.82) is 0 Å². The molecule has 0 radical (unpaired) electrons. The molecule has 0 aromatic heterocycles. The lowest BCUT2D eigenvalue weighted by molar-refractivity contribution is -0.143. The SMILES string of the molecule is CCCCCC/C=C\C/C=C\CCCCCCCC(=O)OCCCCCCCCCCCCCCCCCCCCCCCCCCCCCC(=O)NC(CO)C(O)/C=C/CCCCCCCCCCCCCCCCCCCCC. The first-order valence-corrected chi connectivity index (χ1v) is 36.8. The zero-order valence-electron chi connectivity index (χ0n) is 54.8. The van der Waals surface area contributed by atoms with Gasteiger partial charge in [-0.3, -0.25) is 9.59 Å². The Morgan fingerprint density at radius 1 is 0.346 bits per heavy atom. The van der Waals surface area contributed by atoms with Gasteiger partial charge in [0.15, 0.2) is 0 Å². The van der Waals surface area contributed by atoms with Gasteiger partial charge in [-0.15, -0.1) is 0 Å². The van der Waals surface area contributed by atoms with E-state index in [1.807, 2.05) is 6.08 Å². The number of rotatable bonds is 69. The van der Waals surface area contributed by atoms with Crippen LogP contribution in [0.4, 0.5) is 0 Å². The van der Waals surface area contributed by atoms with Crippen molar-refractivity contribution >= 4 is 11.9 Å². The van der Waals surface area contributed by atoms with Crippen LogP contribution in [0.5, 0.6) is 0 Å². The van der Waals surface area contributed by atoms with Crippen molar-refractivity contribution in [2.75, 3.05) is 13.2 Å². The van der Waals surface area contributed by atoms with E-state index in [1.54, 1.807) is 6.08 Å². The van der Waals surface area contributed by atoms with Gasteiger partial charge in [-0.1, -0.05) is 365 Å². The number of amides is 1. The predicted molar refractivity (Wildman–Crippen MR) is 356 cm³/mol. The molecule has 0 aliphatic carbocycles. The quantitative estimate of drug-likeness (QED) is 0.0320. The topological polar surface area (TPSA) is 95.9 Å². The van der Waals surface area contributed by atoms with Gasteiger partial charge in [0.05, 0.1) is 25.4 Å².